The van der Waals surface area contributed by atoms with Crippen molar-refractivity contribution in [1.82, 2.24) is 4.57 Å². The van der Waals surface area contributed by atoms with E-state index in [1.807, 2.05) is 26.0 Å². The first-order chi connectivity index (χ1) is 9.61. The number of carbonyl (C=O) groups is 1. The smallest absolute Gasteiger partial charge is 0.323 e. The van der Waals surface area contributed by atoms with Gasteiger partial charge in [0.2, 0.25) is 0 Å². The summed E-state index contributed by atoms with van der Waals surface area (Å²) in [5.41, 5.74) is 7.68. The van der Waals surface area contributed by atoms with Gasteiger partial charge in [-0.3, -0.25) is 9.36 Å². The number of primary amides is 1. The molecule has 0 aliphatic carbocycles. The minimum Gasteiger partial charge on any atom is -0.351 e. The minimum absolute atomic E-state index is 0.0309. The Labute approximate surface area is 118 Å². The average Bonchev–Trinajstić information content (AvgIpc) is 2.43. The number of nitrogens with two attached hydrogens (primary N) is 1. The van der Waals surface area contributed by atoms with Crippen molar-refractivity contribution >= 4 is 16.9 Å². The number of amides is 1. The van der Waals surface area contributed by atoms with E-state index in [9.17, 15) is 9.59 Å². The van der Waals surface area contributed by atoms with E-state index in [0.29, 0.717) is 23.7 Å². The molecule has 0 saturated carbocycles. The summed E-state index contributed by atoms with van der Waals surface area (Å²) in [6.45, 7) is 4.06. The molecule has 0 bridgehead atoms. The SMILES string of the molecule is CCCc1c(CCC)n(C(N)=O)c2ccccc2c1=O. The number of nitrogens with zero attached hydrogens (tertiary/aromatic N) is 1. The maximum atomic E-state index is 12.6. The summed E-state index contributed by atoms with van der Waals surface area (Å²) in [6, 6.07) is 6.63. The zero-order chi connectivity index (χ0) is 14.7. The second-order valence-corrected chi connectivity index (χ2v) is 4.95. The second-order valence-electron chi connectivity index (χ2n) is 4.95. The summed E-state index contributed by atoms with van der Waals surface area (Å²) < 4.78 is 1.51. The van der Waals surface area contributed by atoms with Gasteiger partial charge in [0.15, 0.2) is 5.43 Å². The van der Waals surface area contributed by atoms with Crippen LogP contribution in [0, 0.1) is 0 Å². The first-order valence-electron chi connectivity index (χ1n) is 7.07. The monoisotopic (exact) mass is 272 g/mol. The molecule has 2 N–H and O–H groups in total. The van der Waals surface area contributed by atoms with Crippen molar-refractivity contribution in [2.75, 3.05) is 0 Å². The molecule has 0 spiro atoms. The van der Waals surface area contributed by atoms with Gasteiger partial charge < -0.3 is 5.73 Å². The second kappa shape index (κ2) is 5.90. The Morgan fingerprint density at radius 2 is 1.80 bits per heavy atom. The van der Waals surface area contributed by atoms with E-state index in [4.69, 9.17) is 5.73 Å². The van der Waals surface area contributed by atoms with Crippen LogP contribution in [-0.4, -0.2) is 10.6 Å². The van der Waals surface area contributed by atoms with E-state index < -0.39 is 6.03 Å². The van der Waals surface area contributed by atoms with Crippen molar-refractivity contribution in [3.8, 4) is 0 Å². The average molecular weight is 272 g/mol. The highest BCUT2D eigenvalue weighted by molar-refractivity contribution is 5.91. The molecule has 1 heterocycles. The summed E-state index contributed by atoms with van der Waals surface area (Å²) in [5.74, 6) is 0. The zero-order valence-electron chi connectivity index (χ0n) is 12.0. The lowest BCUT2D eigenvalue weighted by Gasteiger charge is -2.17. The highest BCUT2D eigenvalue weighted by Crippen LogP contribution is 2.18. The fourth-order valence-electron chi connectivity index (χ4n) is 2.69. The number of hydrogen-bond acceptors (Lipinski definition) is 2. The van der Waals surface area contributed by atoms with E-state index in [1.54, 1.807) is 12.1 Å². The highest BCUT2D eigenvalue weighted by Gasteiger charge is 2.17. The third-order valence-electron chi connectivity index (χ3n) is 3.49. The Hall–Kier alpha value is -2.10. The van der Waals surface area contributed by atoms with Gasteiger partial charge in [0.05, 0.1) is 5.52 Å². The number of aromatic nitrogens is 1. The molecular weight excluding hydrogens is 252 g/mol. The summed E-state index contributed by atoms with van der Waals surface area (Å²) >= 11 is 0. The van der Waals surface area contributed by atoms with Crippen molar-refractivity contribution in [2.45, 2.75) is 39.5 Å². The van der Waals surface area contributed by atoms with Gasteiger partial charge in [-0.25, -0.2) is 4.79 Å². The Morgan fingerprint density at radius 1 is 1.15 bits per heavy atom. The topological polar surface area (TPSA) is 65.1 Å². The van der Waals surface area contributed by atoms with Crippen LogP contribution in [0.4, 0.5) is 4.79 Å². The molecule has 1 aromatic carbocycles. The predicted molar refractivity (Wildman–Crippen MR) is 81.2 cm³/mol. The Kier molecular flexibility index (Phi) is 4.23. The van der Waals surface area contributed by atoms with Crippen LogP contribution in [0.2, 0.25) is 0 Å². The van der Waals surface area contributed by atoms with Crippen LogP contribution in [0.3, 0.4) is 0 Å². The van der Waals surface area contributed by atoms with E-state index in [1.165, 1.54) is 4.57 Å². The molecular formula is C16H20N2O2. The summed E-state index contributed by atoms with van der Waals surface area (Å²) in [7, 11) is 0. The first kappa shape index (κ1) is 14.3. The number of pyridine rings is 1. The number of hydrogen-bond donors (Lipinski definition) is 1. The fourth-order valence-corrected chi connectivity index (χ4v) is 2.69. The number of para-hydroxylation sites is 1. The summed E-state index contributed by atoms with van der Waals surface area (Å²) in [6.07, 6.45) is 3.08. The molecule has 0 aliphatic heterocycles. The van der Waals surface area contributed by atoms with Gasteiger partial charge in [-0.05, 0) is 25.0 Å². The van der Waals surface area contributed by atoms with E-state index in [-0.39, 0.29) is 5.43 Å². The highest BCUT2D eigenvalue weighted by atomic mass is 16.2. The van der Waals surface area contributed by atoms with Crippen LogP contribution in [0.5, 0.6) is 0 Å². The van der Waals surface area contributed by atoms with Crippen LogP contribution in [0.1, 0.15) is 37.9 Å². The Bertz CT molecular complexity index is 701. The molecule has 0 fully saturated rings. The molecule has 0 saturated heterocycles. The van der Waals surface area contributed by atoms with Crippen molar-refractivity contribution in [1.29, 1.82) is 0 Å². The van der Waals surface area contributed by atoms with Gasteiger partial charge in [-0.15, -0.1) is 0 Å². The lowest BCUT2D eigenvalue weighted by molar-refractivity contribution is 0.250. The van der Waals surface area contributed by atoms with Crippen LogP contribution in [0.15, 0.2) is 29.1 Å². The van der Waals surface area contributed by atoms with E-state index in [2.05, 4.69) is 0 Å². The molecule has 20 heavy (non-hydrogen) atoms. The molecule has 1 aromatic heterocycles. The summed E-state index contributed by atoms with van der Waals surface area (Å²) in [4.78, 5) is 24.5. The molecule has 2 rings (SSSR count). The van der Waals surface area contributed by atoms with Crippen molar-refractivity contribution in [2.24, 2.45) is 5.73 Å². The predicted octanol–water partition coefficient (Wildman–Crippen LogP) is 2.83. The third kappa shape index (κ3) is 2.33. The molecule has 4 nitrogen and oxygen atoms in total. The summed E-state index contributed by atoms with van der Waals surface area (Å²) in [5, 5.41) is 0.564. The van der Waals surface area contributed by atoms with Crippen molar-refractivity contribution in [3.05, 3.63) is 45.7 Å². The Balaban J connectivity index is 2.94. The molecule has 2 aromatic rings. The number of fused-ring (bicyclic) bond motifs is 1. The quantitative estimate of drug-likeness (QED) is 0.930. The molecule has 1 amide bonds. The molecule has 0 aliphatic rings. The zero-order valence-corrected chi connectivity index (χ0v) is 12.0. The molecule has 0 unspecified atom stereocenters. The van der Waals surface area contributed by atoms with Crippen LogP contribution < -0.4 is 11.2 Å². The maximum Gasteiger partial charge on any atom is 0.323 e. The minimum atomic E-state index is -0.526. The van der Waals surface area contributed by atoms with E-state index in [0.717, 1.165) is 24.1 Å². The van der Waals surface area contributed by atoms with Crippen LogP contribution in [-0.2, 0) is 12.8 Å². The fraction of sp³-hybridized carbons (Fsp3) is 0.375. The van der Waals surface area contributed by atoms with Gasteiger partial charge >= 0.3 is 6.03 Å². The molecule has 0 radical (unpaired) electrons. The van der Waals surface area contributed by atoms with Gasteiger partial charge in [-0.1, -0.05) is 38.8 Å². The van der Waals surface area contributed by atoms with Crippen molar-refractivity contribution in [3.63, 3.8) is 0 Å². The van der Waals surface area contributed by atoms with Gasteiger partial charge in [-0.2, -0.15) is 0 Å². The van der Waals surface area contributed by atoms with E-state index >= 15 is 0 Å². The first-order valence-corrected chi connectivity index (χ1v) is 7.07. The standard InChI is InChI=1S/C16H20N2O2/c1-3-7-11-13(8-4-2)18(16(17)20)14-10-6-5-9-12(14)15(11)19/h5-6,9-10H,3-4,7-8H2,1-2H3,(H2,17,20). The van der Waals surface area contributed by atoms with Crippen molar-refractivity contribution < 1.29 is 4.79 Å². The number of benzene rings is 1. The largest absolute Gasteiger partial charge is 0.351 e. The van der Waals surface area contributed by atoms with Crippen LogP contribution in [0.25, 0.3) is 10.9 Å². The maximum absolute atomic E-state index is 12.6. The van der Waals surface area contributed by atoms with Gasteiger partial charge in [0, 0.05) is 16.6 Å². The van der Waals surface area contributed by atoms with Gasteiger partial charge in [0.1, 0.15) is 0 Å². The lowest BCUT2D eigenvalue weighted by Crippen LogP contribution is -2.29. The normalized spacial score (nSPS) is 10.9. The number of carbonyl (C=O) groups excluding carboxylic acids is 1. The van der Waals surface area contributed by atoms with Gasteiger partial charge in [0.25, 0.3) is 0 Å². The van der Waals surface area contributed by atoms with Crippen LogP contribution >= 0.6 is 0 Å². The number of rotatable bonds is 4. The molecule has 0 atom stereocenters. The Morgan fingerprint density at radius 3 is 2.40 bits per heavy atom. The third-order valence-corrected chi connectivity index (χ3v) is 3.49. The molecule has 106 valence electrons. The molecule has 4 heteroatoms. The lowest BCUT2D eigenvalue weighted by atomic mass is 10.0.